The third-order valence-corrected chi connectivity index (χ3v) is 5.19. The molecular weight excluding hydrogens is 222 g/mol. The summed E-state index contributed by atoms with van der Waals surface area (Å²) >= 11 is 0. The van der Waals surface area contributed by atoms with Crippen molar-refractivity contribution in [2.24, 2.45) is 17.0 Å². The fourth-order valence-electron chi connectivity index (χ4n) is 4.18. The minimum Gasteiger partial charge on any atom is -0.209 e. The van der Waals surface area contributed by atoms with Crippen molar-refractivity contribution in [3.63, 3.8) is 0 Å². The molecule has 3 nitrogen and oxygen atoms in total. The van der Waals surface area contributed by atoms with Crippen LogP contribution < -0.4 is 0 Å². The van der Waals surface area contributed by atoms with Crippen LogP contribution >= 0.6 is 0 Å². The van der Waals surface area contributed by atoms with Gasteiger partial charge < -0.3 is 0 Å². The lowest BCUT2D eigenvalue weighted by atomic mass is 9.63. The molecule has 0 radical (unpaired) electrons. The van der Waals surface area contributed by atoms with E-state index in [0.29, 0.717) is 18.3 Å². The largest absolute Gasteiger partial charge is 0.209 e. The van der Waals surface area contributed by atoms with E-state index >= 15 is 0 Å². The second-order valence-electron chi connectivity index (χ2n) is 6.11. The summed E-state index contributed by atoms with van der Waals surface area (Å²) < 4.78 is 0. The second kappa shape index (κ2) is 6.31. The summed E-state index contributed by atoms with van der Waals surface area (Å²) in [6.07, 6.45) is 12.9. The summed E-state index contributed by atoms with van der Waals surface area (Å²) in [6.45, 7) is 0. The van der Waals surface area contributed by atoms with Gasteiger partial charge in [-0.1, -0.05) is 38.5 Å². The lowest BCUT2D eigenvalue weighted by Crippen LogP contribution is -2.44. The van der Waals surface area contributed by atoms with Gasteiger partial charge in [0.2, 0.25) is 0 Å². The van der Waals surface area contributed by atoms with Crippen molar-refractivity contribution >= 4 is 0 Å². The van der Waals surface area contributed by atoms with Gasteiger partial charge in [0.15, 0.2) is 0 Å². The number of nitrogens with one attached hydrogen (secondary N) is 1. The fraction of sp³-hybridized carbons (Fsp3) is 0.933. The summed E-state index contributed by atoms with van der Waals surface area (Å²) in [5, 5.41) is 13.3. The molecule has 0 spiro atoms. The van der Waals surface area contributed by atoms with E-state index in [1.54, 1.807) is 0 Å². The van der Waals surface area contributed by atoms with Gasteiger partial charge in [-0.2, -0.15) is 10.4 Å². The SMILES string of the molecule is N#CCC(N=N)(C1CCCCC1)C1CCCCC1. The predicted molar refractivity (Wildman–Crippen MR) is 71.3 cm³/mol. The molecule has 0 aliphatic heterocycles. The Hall–Kier alpha value is -0.910. The lowest BCUT2D eigenvalue weighted by Gasteiger charge is -2.44. The zero-order valence-corrected chi connectivity index (χ0v) is 11.3. The van der Waals surface area contributed by atoms with E-state index in [0.717, 1.165) is 0 Å². The molecule has 2 rings (SSSR count). The average molecular weight is 247 g/mol. The summed E-state index contributed by atoms with van der Waals surface area (Å²) in [7, 11) is 0. The van der Waals surface area contributed by atoms with E-state index in [4.69, 9.17) is 5.53 Å². The Labute approximate surface area is 110 Å². The number of rotatable bonds is 4. The topological polar surface area (TPSA) is 60.0 Å². The molecule has 0 atom stereocenters. The molecular formula is C15H25N3. The van der Waals surface area contributed by atoms with Crippen molar-refractivity contribution in [2.45, 2.75) is 76.2 Å². The third-order valence-electron chi connectivity index (χ3n) is 5.19. The van der Waals surface area contributed by atoms with Gasteiger partial charge in [-0.25, -0.2) is 5.53 Å². The number of hydrogen-bond acceptors (Lipinski definition) is 3. The van der Waals surface area contributed by atoms with E-state index in [1.807, 2.05) is 0 Å². The van der Waals surface area contributed by atoms with Crippen LogP contribution in [0.5, 0.6) is 0 Å². The normalized spacial score (nSPS) is 23.5. The maximum atomic E-state index is 9.20. The van der Waals surface area contributed by atoms with Crippen LogP contribution in [0.3, 0.4) is 0 Å². The fourth-order valence-corrected chi connectivity index (χ4v) is 4.18. The molecule has 0 saturated heterocycles. The Bertz CT molecular complexity index is 288. The molecule has 0 aromatic heterocycles. The quantitative estimate of drug-likeness (QED) is 0.710. The summed E-state index contributed by atoms with van der Waals surface area (Å²) in [5.74, 6) is 0.984. The molecule has 0 aromatic rings. The lowest BCUT2D eigenvalue weighted by molar-refractivity contribution is 0.102. The molecule has 1 N–H and O–H groups in total. The average Bonchev–Trinajstić information content (AvgIpc) is 2.47. The molecule has 3 heteroatoms. The first-order valence-electron chi connectivity index (χ1n) is 7.59. The smallest absolute Gasteiger partial charge is 0.0998 e. The summed E-state index contributed by atoms with van der Waals surface area (Å²) in [6, 6.07) is 2.34. The van der Waals surface area contributed by atoms with Gasteiger partial charge in [0.25, 0.3) is 0 Å². The highest BCUT2D eigenvalue weighted by Gasteiger charge is 2.45. The Morgan fingerprint density at radius 3 is 1.72 bits per heavy atom. The number of hydrogen-bond donors (Lipinski definition) is 1. The molecule has 0 aromatic carbocycles. The standard InChI is InChI=1S/C15H25N3/c16-12-11-15(18-17,13-7-3-1-4-8-13)14-9-5-2-6-10-14/h13-14,17H,1-11H2. The highest BCUT2D eigenvalue weighted by atomic mass is 15.1. The van der Waals surface area contributed by atoms with E-state index in [-0.39, 0.29) is 5.54 Å². The Morgan fingerprint density at radius 1 is 0.944 bits per heavy atom. The molecule has 0 bridgehead atoms. The first-order chi connectivity index (χ1) is 8.83. The van der Waals surface area contributed by atoms with Gasteiger partial charge in [0, 0.05) is 0 Å². The van der Waals surface area contributed by atoms with Crippen molar-refractivity contribution in [2.75, 3.05) is 0 Å². The molecule has 0 amide bonds. The van der Waals surface area contributed by atoms with Crippen molar-refractivity contribution in [3.8, 4) is 6.07 Å². The first-order valence-corrected chi connectivity index (χ1v) is 7.59. The van der Waals surface area contributed by atoms with E-state index in [1.165, 1.54) is 64.2 Å². The minimum absolute atomic E-state index is 0.338. The first kappa shape index (κ1) is 13.5. The molecule has 2 fully saturated rings. The number of nitrogens with zero attached hydrogens (tertiary/aromatic N) is 2. The molecule has 2 aliphatic rings. The van der Waals surface area contributed by atoms with Gasteiger partial charge in [-0.05, 0) is 37.5 Å². The van der Waals surface area contributed by atoms with Gasteiger partial charge in [0.1, 0.15) is 0 Å². The maximum Gasteiger partial charge on any atom is 0.0998 e. The van der Waals surface area contributed by atoms with Crippen LogP contribution in [0, 0.1) is 28.7 Å². The van der Waals surface area contributed by atoms with Crippen LogP contribution in [0.1, 0.15) is 70.6 Å². The Morgan fingerprint density at radius 2 is 1.39 bits per heavy atom. The van der Waals surface area contributed by atoms with E-state index in [9.17, 15) is 5.26 Å². The molecule has 100 valence electrons. The molecule has 2 saturated carbocycles. The zero-order valence-electron chi connectivity index (χ0n) is 11.3. The van der Waals surface area contributed by atoms with Crippen LogP contribution in [0.2, 0.25) is 0 Å². The van der Waals surface area contributed by atoms with Crippen molar-refractivity contribution in [1.29, 1.82) is 10.8 Å². The van der Waals surface area contributed by atoms with Crippen LogP contribution in [-0.2, 0) is 0 Å². The Balaban J connectivity index is 2.19. The maximum absolute atomic E-state index is 9.20. The van der Waals surface area contributed by atoms with Crippen molar-refractivity contribution < 1.29 is 0 Å². The molecule has 0 heterocycles. The van der Waals surface area contributed by atoms with E-state index in [2.05, 4.69) is 11.2 Å². The predicted octanol–water partition coefficient (Wildman–Crippen LogP) is 4.83. The Kier molecular flexibility index (Phi) is 4.74. The van der Waals surface area contributed by atoms with Gasteiger partial charge in [-0.15, -0.1) is 0 Å². The molecule has 18 heavy (non-hydrogen) atoms. The molecule has 2 aliphatic carbocycles. The molecule has 0 unspecified atom stereocenters. The van der Waals surface area contributed by atoms with E-state index < -0.39 is 0 Å². The highest BCUT2D eigenvalue weighted by molar-refractivity contribution is 5.05. The van der Waals surface area contributed by atoms with Gasteiger partial charge in [0.05, 0.1) is 18.0 Å². The summed E-state index contributed by atoms with van der Waals surface area (Å²) in [4.78, 5) is 0. The van der Waals surface area contributed by atoms with Gasteiger partial charge in [-0.3, -0.25) is 0 Å². The van der Waals surface area contributed by atoms with Crippen LogP contribution in [-0.4, -0.2) is 5.54 Å². The van der Waals surface area contributed by atoms with Crippen LogP contribution in [0.15, 0.2) is 5.11 Å². The van der Waals surface area contributed by atoms with Crippen molar-refractivity contribution in [1.82, 2.24) is 0 Å². The van der Waals surface area contributed by atoms with Crippen molar-refractivity contribution in [3.05, 3.63) is 0 Å². The second-order valence-corrected chi connectivity index (χ2v) is 6.11. The minimum atomic E-state index is -0.338. The zero-order chi connectivity index (χ0) is 12.8. The van der Waals surface area contributed by atoms with Crippen LogP contribution in [0.4, 0.5) is 0 Å². The third kappa shape index (κ3) is 2.58. The van der Waals surface area contributed by atoms with Crippen LogP contribution in [0.25, 0.3) is 0 Å². The number of nitriles is 1. The monoisotopic (exact) mass is 247 g/mol. The summed E-state index contributed by atoms with van der Waals surface area (Å²) in [5.41, 5.74) is 7.42. The highest BCUT2D eigenvalue weighted by Crippen LogP contribution is 2.47. The van der Waals surface area contributed by atoms with Gasteiger partial charge >= 0.3 is 0 Å².